The number of carbonyl (C=O) groups excluding carboxylic acids is 1. The van der Waals surface area contributed by atoms with Crippen LogP contribution < -0.4 is 5.32 Å². The Morgan fingerprint density at radius 3 is 2.88 bits per heavy atom. The molecule has 1 saturated heterocycles. The van der Waals surface area contributed by atoms with E-state index in [0.717, 1.165) is 29.8 Å². The molecule has 1 atom stereocenters. The molecule has 6 nitrogen and oxygen atoms in total. The third-order valence-corrected chi connectivity index (χ3v) is 5.48. The minimum absolute atomic E-state index is 0.0928. The number of hydrogen-bond acceptors (Lipinski definition) is 5. The maximum absolute atomic E-state index is 12.2. The van der Waals surface area contributed by atoms with Crippen LogP contribution in [0, 0.1) is 0 Å². The van der Waals surface area contributed by atoms with Crippen LogP contribution in [0.4, 0.5) is 0 Å². The standard InChI is InChI=1S/C18H22N2O4S/c21-15(20-18(11-17(22)23)9-10-24-12-18)7-3-4-8-16-19-13-5-1-2-6-14(13)25-16/h1-2,5-6H,3-4,7-12H2,(H,20,21)(H,22,23). The molecule has 25 heavy (non-hydrogen) atoms. The van der Waals surface area contributed by atoms with E-state index in [1.165, 1.54) is 4.70 Å². The molecule has 0 bridgehead atoms. The number of unbranched alkanes of at least 4 members (excludes halogenated alkanes) is 1. The van der Waals surface area contributed by atoms with Gasteiger partial charge in [0, 0.05) is 13.0 Å². The summed E-state index contributed by atoms with van der Waals surface area (Å²) in [5.74, 6) is -1.02. The molecule has 1 aliphatic rings. The Balaban J connectivity index is 1.43. The Morgan fingerprint density at radius 1 is 1.32 bits per heavy atom. The van der Waals surface area contributed by atoms with Gasteiger partial charge in [-0.15, -0.1) is 11.3 Å². The van der Waals surface area contributed by atoms with Crippen LogP contribution in [0.1, 0.15) is 37.1 Å². The van der Waals surface area contributed by atoms with Crippen molar-refractivity contribution in [3.05, 3.63) is 29.3 Å². The summed E-state index contributed by atoms with van der Waals surface area (Å²) in [5, 5.41) is 13.0. The smallest absolute Gasteiger partial charge is 0.305 e. The molecule has 0 spiro atoms. The van der Waals surface area contributed by atoms with Crippen molar-refractivity contribution >= 4 is 33.4 Å². The van der Waals surface area contributed by atoms with E-state index in [4.69, 9.17) is 9.84 Å². The largest absolute Gasteiger partial charge is 0.481 e. The Labute approximate surface area is 150 Å². The van der Waals surface area contributed by atoms with Crippen molar-refractivity contribution in [3.63, 3.8) is 0 Å². The number of ether oxygens (including phenoxy) is 1. The number of carboxylic acids is 1. The molecule has 1 unspecified atom stereocenters. The molecule has 1 fully saturated rings. The van der Waals surface area contributed by atoms with Crippen LogP contribution in [-0.4, -0.2) is 40.7 Å². The maximum atomic E-state index is 12.2. The summed E-state index contributed by atoms with van der Waals surface area (Å²) in [6.45, 7) is 0.766. The first-order valence-electron chi connectivity index (χ1n) is 8.51. The zero-order valence-corrected chi connectivity index (χ0v) is 14.8. The van der Waals surface area contributed by atoms with Gasteiger partial charge >= 0.3 is 5.97 Å². The Hall–Kier alpha value is -1.99. The van der Waals surface area contributed by atoms with Crippen LogP contribution in [0.5, 0.6) is 0 Å². The average molecular weight is 362 g/mol. The zero-order valence-electron chi connectivity index (χ0n) is 14.0. The fraction of sp³-hybridized carbons (Fsp3) is 0.500. The van der Waals surface area contributed by atoms with E-state index in [9.17, 15) is 9.59 Å². The summed E-state index contributed by atoms with van der Waals surface area (Å²) in [6.07, 6.45) is 3.35. The number of nitrogens with zero attached hydrogens (tertiary/aromatic N) is 1. The number of para-hydroxylation sites is 1. The molecule has 0 aliphatic carbocycles. The molecule has 1 aromatic heterocycles. The molecule has 0 saturated carbocycles. The van der Waals surface area contributed by atoms with Crippen molar-refractivity contribution in [1.82, 2.24) is 10.3 Å². The maximum Gasteiger partial charge on any atom is 0.305 e. The molecule has 3 rings (SSSR count). The van der Waals surface area contributed by atoms with Crippen LogP contribution in [0.3, 0.4) is 0 Å². The zero-order chi connectivity index (χ0) is 17.7. The Bertz CT molecular complexity index is 719. The number of aromatic nitrogens is 1. The first kappa shape index (κ1) is 17.8. The molecular formula is C18H22N2O4S. The van der Waals surface area contributed by atoms with Gasteiger partial charge in [0.1, 0.15) is 0 Å². The van der Waals surface area contributed by atoms with E-state index in [-0.39, 0.29) is 18.9 Å². The molecule has 2 aromatic rings. The number of thiazole rings is 1. The number of rotatable bonds is 8. The second-order valence-corrected chi connectivity index (χ2v) is 7.60. The molecule has 134 valence electrons. The van der Waals surface area contributed by atoms with Crippen molar-refractivity contribution in [2.24, 2.45) is 0 Å². The van der Waals surface area contributed by atoms with Crippen LogP contribution in [-0.2, 0) is 20.7 Å². The fourth-order valence-corrected chi connectivity index (χ4v) is 4.13. The number of hydrogen-bond donors (Lipinski definition) is 2. The average Bonchev–Trinajstić information content (AvgIpc) is 3.17. The summed E-state index contributed by atoms with van der Waals surface area (Å²) in [6, 6.07) is 8.06. The van der Waals surface area contributed by atoms with Gasteiger partial charge in [-0.05, 0) is 37.8 Å². The molecule has 1 amide bonds. The number of aliphatic carboxylic acids is 1. The number of amides is 1. The number of aryl methyl sites for hydroxylation is 1. The van der Waals surface area contributed by atoms with Crippen LogP contribution in [0.15, 0.2) is 24.3 Å². The minimum Gasteiger partial charge on any atom is -0.481 e. The lowest BCUT2D eigenvalue weighted by Gasteiger charge is -2.27. The first-order chi connectivity index (χ1) is 12.1. The van der Waals surface area contributed by atoms with E-state index < -0.39 is 11.5 Å². The van der Waals surface area contributed by atoms with E-state index in [0.29, 0.717) is 19.4 Å². The predicted octanol–water partition coefficient (Wildman–Crippen LogP) is 2.76. The second-order valence-electron chi connectivity index (χ2n) is 6.48. The lowest BCUT2D eigenvalue weighted by atomic mass is 9.94. The van der Waals surface area contributed by atoms with Gasteiger partial charge in [0.25, 0.3) is 0 Å². The van der Waals surface area contributed by atoms with E-state index in [1.54, 1.807) is 11.3 Å². The second kappa shape index (κ2) is 7.93. The molecule has 0 radical (unpaired) electrons. The number of nitrogens with one attached hydrogen (secondary N) is 1. The van der Waals surface area contributed by atoms with Gasteiger partial charge in [0.2, 0.25) is 5.91 Å². The highest BCUT2D eigenvalue weighted by Gasteiger charge is 2.38. The van der Waals surface area contributed by atoms with Gasteiger partial charge < -0.3 is 15.2 Å². The number of fused-ring (bicyclic) bond motifs is 1. The third kappa shape index (κ3) is 4.76. The van der Waals surface area contributed by atoms with Crippen molar-refractivity contribution in [3.8, 4) is 0 Å². The molecule has 2 heterocycles. The van der Waals surface area contributed by atoms with E-state index in [2.05, 4.69) is 16.4 Å². The number of carbonyl (C=O) groups is 2. The van der Waals surface area contributed by atoms with Crippen molar-refractivity contribution in [1.29, 1.82) is 0 Å². The summed E-state index contributed by atoms with van der Waals surface area (Å²) in [5.41, 5.74) is 0.285. The predicted molar refractivity (Wildman–Crippen MR) is 95.7 cm³/mol. The SMILES string of the molecule is O=C(O)CC1(NC(=O)CCCCc2nc3ccccc3s2)CCOC1. The van der Waals surface area contributed by atoms with Gasteiger partial charge in [0.05, 0.1) is 33.8 Å². The molecule has 1 aliphatic heterocycles. The summed E-state index contributed by atoms with van der Waals surface area (Å²) in [7, 11) is 0. The Kier molecular flexibility index (Phi) is 5.65. The number of carboxylic acid groups (broad SMARTS) is 1. The monoisotopic (exact) mass is 362 g/mol. The Morgan fingerprint density at radius 2 is 2.16 bits per heavy atom. The van der Waals surface area contributed by atoms with Gasteiger partial charge in [-0.1, -0.05) is 12.1 Å². The minimum atomic E-state index is -0.915. The fourth-order valence-electron chi connectivity index (χ4n) is 3.13. The van der Waals surface area contributed by atoms with Gasteiger partial charge in [0.15, 0.2) is 0 Å². The molecule has 7 heteroatoms. The summed E-state index contributed by atoms with van der Waals surface area (Å²) < 4.78 is 6.48. The van der Waals surface area contributed by atoms with E-state index >= 15 is 0 Å². The molecule has 1 aromatic carbocycles. The van der Waals surface area contributed by atoms with Gasteiger partial charge in [-0.2, -0.15) is 0 Å². The summed E-state index contributed by atoms with van der Waals surface area (Å²) >= 11 is 1.70. The van der Waals surface area contributed by atoms with Crippen molar-refractivity contribution < 1.29 is 19.4 Å². The number of benzene rings is 1. The van der Waals surface area contributed by atoms with E-state index in [1.807, 2.05) is 18.2 Å². The highest BCUT2D eigenvalue weighted by Crippen LogP contribution is 2.24. The van der Waals surface area contributed by atoms with Crippen molar-refractivity contribution in [2.45, 2.75) is 44.1 Å². The first-order valence-corrected chi connectivity index (χ1v) is 9.33. The summed E-state index contributed by atoms with van der Waals surface area (Å²) in [4.78, 5) is 27.8. The lowest BCUT2D eigenvalue weighted by molar-refractivity contribution is -0.139. The topological polar surface area (TPSA) is 88.5 Å². The van der Waals surface area contributed by atoms with Gasteiger partial charge in [-0.3, -0.25) is 9.59 Å². The van der Waals surface area contributed by atoms with Crippen LogP contribution in [0.2, 0.25) is 0 Å². The lowest BCUT2D eigenvalue weighted by Crippen LogP contribution is -2.50. The van der Waals surface area contributed by atoms with Gasteiger partial charge in [-0.25, -0.2) is 4.98 Å². The van der Waals surface area contributed by atoms with Crippen molar-refractivity contribution in [2.75, 3.05) is 13.2 Å². The third-order valence-electron chi connectivity index (χ3n) is 4.38. The van der Waals surface area contributed by atoms with Crippen LogP contribution in [0.25, 0.3) is 10.2 Å². The van der Waals surface area contributed by atoms with Crippen LogP contribution >= 0.6 is 11.3 Å². The highest BCUT2D eigenvalue weighted by molar-refractivity contribution is 7.18. The normalized spacial score (nSPS) is 20.0. The molecular weight excluding hydrogens is 340 g/mol. The highest BCUT2D eigenvalue weighted by atomic mass is 32.1. The molecule has 2 N–H and O–H groups in total. The quantitative estimate of drug-likeness (QED) is 0.705.